The number of hydrogen-bond donors (Lipinski definition) is 0. The van der Waals surface area contributed by atoms with Gasteiger partial charge in [0.05, 0.1) is 12.0 Å². The molecular weight excluding hydrogens is 179 g/mol. The quantitative estimate of drug-likeness (QED) is 0.566. The van der Waals surface area contributed by atoms with Gasteiger partial charge in [-0.3, -0.25) is 0 Å². The second kappa shape index (κ2) is 2.94. The Kier molecular flexibility index (Phi) is 1.93. The first-order chi connectivity index (χ1) is 5.77. The van der Waals surface area contributed by atoms with Gasteiger partial charge >= 0.3 is 0 Å². The van der Waals surface area contributed by atoms with E-state index in [9.17, 15) is 4.39 Å². The van der Waals surface area contributed by atoms with Crippen molar-refractivity contribution >= 4 is 11.6 Å². The fourth-order valence-electron chi connectivity index (χ4n) is 1.32. The summed E-state index contributed by atoms with van der Waals surface area (Å²) in [6.45, 7) is 0.574. The molecule has 0 bridgehead atoms. The zero-order chi connectivity index (χ0) is 8.55. The van der Waals surface area contributed by atoms with E-state index in [1.807, 2.05) is 0 Å². The van der Waals surface area contributed by atoms with Gasteiger partial charge in [0.15, 0.2) is 0 Å². The molecule has 0 N–H and O–H groups in total. The number of rotatable bonds is 0. The van der Waals surface area contributed by atoms with Crippen LogP contribution in [0.15, 0.2) is 18.2 Å². The maximum atomic E-state index is 12.7. The van der Waals surface area contributed by atoms with Crippen molar-refractivity contribution in [3.05, 3.63) is 29.6 Å². The first kappa shape index (κ1) is 7.87. The second-order valence-corrected chi connectivity index (χ2v) is 3.31. The summed E-state index contributed by atoms with van der Waals surface area (Å²) in [4.78, 5) is 0. The van der Waals surface area contributed by atoms with Gasteiger partial charge in [-0.15, -0.1) is 11.6 Å². The van der Waals surface area contributed by atoms with Gasteiger partial charge in [0, 0.05) is 18.1 Å². The molecule has 1 unspecified atom stereocenters. The summed E-state index contributed by atoms with van der Waals surface area (Å²) in [6.07, 6.45) is 0.792. The number of ether oxygens (including phenoxy) is 1. The van der Waals surface area contributed by atoms with Gasteiger partial charge in [-0.1, -0.05) is 6.07 Å². The second-order valence-electron chi connectivity index (χ2n) is 2.79. The van der Waals surface area contributed by atoms with Gasteiger partial charge in [-0.2, -0.15) is 0 Å². The largest absolute Gasteiger partial charge is 0.493 e. The van der Waals surface area contributed by atoms with Crippen molar-refractivity contribution in [1.29, 1.82) is 0 Å². The van der Waals surface area contributed by atoms with E-state index in [0.29, 0.717) is 12.4 Å². The maximum absolute atomic E-state index is 12.7. The third kappa shape index (κ3) is 1.27. The van der Waals surface area contributed by atoms with Gasteiger partial charge in [0.25, 0.3) is 0 Å². The summed E-state index contributed by atoms with van der Waals surface area (Å²) in [7, 11) is 0. The molecule has 0 saturated heterocycles. The van der Waals surface area contributed by atoms with Gasteiger partial charge in [0.2, 0.25) is 0 Å². The van der Waals surface area contributed by atoms with Crippen LogP contribution in [-0.2, 0) is 0 Å². The monoisotopic (exact) mass is 186 g/mol. The topological polar surface area (TPSA) is 9.23 Å². The molecule has 12 heavy (non-hydrogen) atoms. The first-order valence-corrected chi connectivity index (χ1v) is 4.27. The Morgan fingerprint density at radius 2 is 2.33 bits per heavy atom. The van der Waals surface area contributed by atoms with Crippen molar-refractivity contribution in [2.24, 2.45) is 0 Å². The molecule has 0 aliphatic carbocycles. The molecule has 0 spiro atoms. The standard InChI is InChI=1S/C9H8ClFO/c10-8-3-4-12-9-5-6(11)1-2-7(8)9/h1-2,5,8H,3-4H2. The summed E-state index contributed by atoms with van der Waals surface area (Å²) in [5.41, 5.74) is 0.893. The molecule has 3 heteroatoms. The lowest BCUT2D eigenvalue weighted by atomic mass is 10.1. The van der Waals surface area contributed by atoms with Crippen molar-refractivity contribution in [2.45, 2.75) is 11.8 Å². The predicted octanol–water partition coefficient (Wildman–Crippen LogP) is 2.89. The minimum absolute atomic E-state index is 0.0330. The van der Waals surface area contributed by atoms with Crippen LogP contribution in [0.2, 0.25) is 0 Å². The van der Waals surface area contributed by atoms with Gasteiger partial charge in [-0.05, 0) is 6.07 Å². The van der Waals surface area contributed by atoms with Crippen molar-refractivity contribution in [2.75, 3.05) is 6.61 Å². The van der Waals surface area contributed by atoms with Crippen LogP contribution in [0, 0.1) is 5.82 Å². The summed E-state index contributed by atoms with van der Waals surface area (Å²) < 4.78 is 17.9. The van der Waals surface area contributed by atoms with Crippen LogP contribution in [0.4, 0.5) is 4.39 Å². The minimum atomic E-state index is -0.278. The lowest BCUT2D eigenvalue weighted by molar-refractivity contribution is 0.283. The molecule has 0 fully saturated rings. The molecule has 0 radical (unpaired) electrons. The maximum Gasteiger partial charge on any atom is 0.126 e. The Balaban J connectivity index is 2.46. The molecule has 1 aliphatic rings. The van der Waals surface area contributed by atoms with Crippen molar-refractivity contribution in [3.63, 3.8) is 0 Å². The molecule has 0 amide bonds. The van der Waals surface area contributed by atoms with Crippen LogP contribution in [0.5, 0.6) is 5.75 Å². The van der Waals surface area contributed by atoms with Crippen LogP contribution in [0.1, 0.15) is 17.4 Å². The van der Waals surface area contributed by atoms with Crippen molar-refractivity contribution in [1.82, 2.24) is 0 Å². The number of alkyl halides is 1. The molecular formula is C9H8ClFO. The normalized spacial score (nSPS) is 21.3. The zero-order valence-corrected chi connectivity index (χ0v) is 7.14. The molecule has 1 atom stereocenters. The van der Waals surface area contributed by atoms with E-state index < -0.39 is 0 Å². The number of halogens is 2. The molecule has 1 nitrogen and oxygen atoms in total. The smallest absolute Gasteiger partial charge is 0.126 e. The zero-order valence-electron chi connectivity index (χ0n) is 6.39. The third-order valence-electron chi connectivity index (χ3n) is 1.94. The van der Waals surface area contributed by atoms with Crippen molar-refractivity contribution < 1.29 is 9.13 Å². The summed E-state index contributed by atoms with van der Waals surface area (Å²) in [6, 6.07) is 4.47. The van der Waals surface area contributed by atoms with E-state index in [1.54, 1.807) is 6.07 Å². The molecule has 0 aromatic heterocycles. The molecule has 1 aromatic carbocycles. The van der Waals surface area contributed by atoms with Gasteiger partial charge < -0.3 is 4.74 Å². The van der Waals surface area contributed by atoms with Crippen LogP contribution in [0.3, 0.4) is 0 Å². The summed E-state index contributed by atoms with van der Waals surface area (Å²) >= 11 is 6.00. The minimum Gasteiger partial charge on any atom is -0.493 e. The van der Waals surface area contributed by atoms with Crippen LogP contribution >= 0.6 is 11.6 Å². The van der Waals surface area contributed by atoms with E-state index in [-0.39, 0.29) is 11.2 Å². The van der Waals surface area contributed by atoms with Crippen LogP contribution in [-0.4, -0.2) is 6.61 Å². The van der Waals surface area contributed by atoms with E-state index >= 15 is 0 Å². The Morgan fingerprint density at radius 3 is 3.17 bits per heavy atom. The fraction of sp³-hybridized carbons (Fsp3) is 0.333. The van der Waals surface area contributed by atoms with E-state index in [1.165, 1.54) is 12.1 Å². The molecule has 64 valence electrons. The van der Waals surface area contributed by atoms with Gasteiger partial charge in [0.1, 0.15) is 11.6 Å². The van der Waals surface area contributed by atoms with Crippen LogP contribution < -0.4 is 4.74 Å². The molecule has 2 rings (SSSR count). The van der Waals surface area contributed by atoms with Gasteiger partial charge in [-0.25, -0.2) is 4.39 Å². The predicted molar refractivity (Wildman–Crippen MR) is 45.1 cm³/mol. The highest BCUT2D eigenvalue weighted by Crippen LogP contribution is 2.36. The Hall–Kier alpha value is -0.760. The lowest BCUT2D eigenvalue weighted by Gasteiger charge is -2.21. The number of fused-ring (bicyclic) bond motifs is 1. The Morgan fingerprint density at radius 1 is 1.50 bits per heavy atom. The number of hydrogen-bond acceptors (Lipinski definition) is 1. The average Bonchev–Trinajstić information content (AvgIpc) is 2.04. The molecule has 1 aromatic rings. The SMILES string of the molecule is Fc1ccc2c(c1)OCCC2Cl. The summed E-state index contributed by atoms with van der Waals surface area (Å²) in [5, 5.41) is -0.0330. The molecule has 1 aliphatic heterocycles. The van der Waals surface area contributed by atoms with Crippen LogP contribution in [0.25, 0.3) is 0 Å². The highest BCUT2D eigenvalue weighted by atomic mass is 35.5. The Labute approximate surface area is 75.1 Å². The van der Waals surface area contributed by atoms with Crippen molar-refractivity contribution in [3.8, 4) is 5.75 Å². The van der Waals surface area contributed by atoms with E-state index in [2.05, 4.69) is 0 Å². The number of benzene rings is 1. The average molecular weight is 187 g/mol. The summed E-state index contributed by atoms with van der Waals surface area (Å²) in [5.74, 6) is 0.306. The third-order valence-corrected chi connectivity index (χ3v) is 2.40. The van der Waals surface area contributed by atoms with E-state index in [4.69, 9.17) is 16.3 Å². The van der Waals surface area contributed by atoms with E-state index in [0.717, 1.165) is 12.0 Å². The highest BCUT2D eigenvalue weighted by Gasteiger charge is 2.19. The lowest BCUT2D eigenvalue weighted by Crippen LogP contribution is -2.10. The molecule has 1 heterocycles. The highest BCUT2D eigenvalue weighted by molar-refractivity contribution is 6.21. The fourth-order valence-corrected chi connectivity index (χ4v) is 1.59. The Bertz CT molecular complexity index is 301. The first-order valence-electron chi connectivity index (χ1n) is 3.83. The molecule has 0 saturated carbocycles.